The number of phosphoric acid groups is 1. The first-order valence-corrected chi connectivity index (χ1v) is 33.6. The molecular weight excluding hydrogens is 940 g/mol. The highest BCUT2D eigenvalue weighted by atomic mass is 31.2. The van der Waals surface area contributed by atoms with Crippen molar-refractivity contribution in [3.8, 4) is 0 Å². The third-order valence-electron chi connectivity index (χ3n) is 14.6. The molecule has 0 spiro atoms. The molecule has 0 aromatic carbocycles. The van der Waals surface area contributed by atoms with Crippen LogP contribution in [-0.4, -0.2) is 69.4 Å². The molecule has 74 heavy (non-hydrogen) atoms. The quantitative estimate of drug-likeness (QED) is 0.0212. The number of nitrogens with one attached hydrogen (secondary N) is 1. The molecule has 0 rings (SSSR count). The van der Waals surface area contributed by atoms with E-state index in [4.69, 9.17) is 13.8 Å². The van der Waals surface area contributed by atoms with Gasteiger partial charge in [0.25, 0.3) is 7.82 Å². The smallest absolute Gasteiger partial charge is 0.306 e. The molecule has 0 aliphatic heterocycles. The minimum Gasteiger partial charge on any atom is -0.756 e. The largest absolute Gasteiger partial charge is 0.756 e. The van der Waals surface area contributed by atoms with Crippen LogP contribution < -0.4 is 10.2 Å². The number of allylic oxidation sites excluding steroid dienone is 3. The van der Waals surface area contributed by atoms with Crippen LogP contribution in [0.2, 0.25) is 0 Å². The van der Waals surface area contributed by atoms with Gasteiger partial charge in [0.15, 0.2) is 0 Å². The van der Waals surface area contributed by atoms with Crippen molar-refractivity contribution in [2.75, 3.05) is 40.9 Å². The zero-order valence-electron chi connectivity index (χ0n) is 50.1. The van der Waals surface area contributed by atoms with Crippen LogP contribution in [0.25, 0.3) is 0 Å². The van der Waals surface area contributed by atoms with Crippen molar-refractivity contribution >= 4 is 19.7 Å². The molecule has 1 N–H and O–H groups in total. The third kappa shape index (κ3) is 55.3. The van der Waals surface area contributed by atoms with Crippen molar-refractivity contribution in [3.05, 3.63) is 24.3 Å². The zero-order chi connectivity index (χ0) is 54.3. The SMILES string of the molecule is CCCCCCCCC/C=C\CCCCCC(=O)OC(/C=C\CCCCCCCCCCC)C(COP(=O)([O-])OCC[N+](C)(C)C)NC(=O)CCCCCCCCCCCCCCCCCCCCCCCCC. The highest BCUT2D eigenvalue weighted by Gasteiger charge is 2.27. The van der Waals surface area contributed by atoms with E-state index in [1.54, 1.807) is 0 Å². The van der Waals surface area contributed by atoms with Crippen molar-refractivity contribution in [1.29, 1.82) is 0 Å². The summed E-state index contributed by atoms with van der Waals surface area (Å²) in [6, 6.07) is -0.888. The number of phosphoric ester groups is 1. The Balaban J connectivity index is 5.08. The van der Waals surface area contributed by atoms with Crippen LogP contribution in [0.1, 0.15) is 323 Å². The molecule has 0 fully saturated rings. The lowest BCUT2D eigenvalue weighted by Crippen LogP contribution is -2.47. The maximum Gasteiger partial charge on any atom is 0.306 e. The number of carbonyl (C=O) groups is 2. The number of ether oxygens (including phenoxy) is 1. The summed E-state index contributed by atoms with van der Waals surface area (Å²) in [4.78, 5) is 39.9. The van der Waals surface area contributed by atoms with Crippen molar-refractivity contribution in [1.82, 2.24) is 5.32 Å². The summed E-state index contributed by atoms with van der Waals surface area (Å²) in [5, 5.41) is 3.03. The van der Waals surface area contributed by atoms with Crippen molar-refractivity contribution in [2.24, 2.45) is 0 Å². The Bertz CT molecular complexity index is 1320. The summed E-state index contributed by atoms with van der Waals surface area (Å²) in [7, 11) is 1.19. The maximum atomic E-state index is 13.5. The number of quaternary nitrogens is 1. The number of esters is 1. The van der Waals surface area contributed by atoms with Gasteiger partial charge in [0, 0.05) is 12.8 Å². The normalized spacial score (nSPS) is 13.8. The molecule has 1 amide bonds. The van der Waals surface area contributed by atoms with Crippen molar-refractivity contribution in [2.45, 2.75) is 335 Å². The van der Waals surface area contributed by atoms with E-state index in [1.165, 1.54) is 218 Å². The molecule has 3 unspecified atom stereocenters. The monoisotopic (exact) mass is 1060 g/mol. The van der Waals surface area contributed by atoms with E-state index in [9.17, 15) is 19.0 Å². The molecule has 0 aromatic heterocycles. The van der Waals surface area contributed by atoms with E-state index in [-0.39, 0.29) is 31.5 Å². The fourth-order valence-corrected chi connectivity index (χ4v) is 10.4. The lowest BCUT2D eigenvalue weighted by Gasteiger charge is -2.30. The number of unbranched alkanes of at least 4 members (excludes halogenated alkanes) is 41. The van der Waals surface area contributed by atoms with Gasteiger partial charge in [0.2, 0.25) is 5.91 Å². The third-order valence-corrected chi connectivity index (χ3v) is 15.6. The Labute approximate surface area is 460 Å². The van der Waals surface area contributed by atoms with Crippen LogP contribution in [0.3, 0.4) is 0 Å². The lowest BCUT2D eigenvalue weighted by molar-refractivity contribution is -0.870. The second-order valence-corrected chi connectivity index (χ2v) is 24.7. The van der Waals surface area contributed by atoms with Crippen LogP contribution in [0.5, 0.6) is 0 Å². The number of carbonyl (C=O) groups excluding carboxylic acids is 2. The summed E-state index contributed by atoms with van der Waals surface area (Å²) in [6.07, 6.45) is 64.4. The number of rotatable bonds is 59. The zero-order valence-corrected chi connectivity index (χ0v) is 51.0. The van der Waals surface area contributed by atoms with Gasteiger partial charge in [-0.1, -0.05) is 277 Å². The molecule has 10 heteroatoms. The predicted octanol–water partition coefficient (Wildman–Crippen LogP) is 19.1. The number of nitrogens with zero attached hydrogens (tertiary/aromatic N) is 1. The Morgan fingerprint density at radius 2 is 0.784 bits per heavy atom. The fraction of sp³-hybridized carbons (Fsp3) is 0.906. The van der Waals surface area contributed by atoms with E-state index < -0.39 is 20.0 Å². The van der Waals surface area contributed by atoms with E-state index in [0.717, 1.165) is 64.2 Å². The van der Waals surface area contributed by atoms with Gasteiger partial charge in [-0.05, 0) is 57.4 Å². The first-order valence-electron chi connectivity index (χ1n) is 32.1. The number of hydrogen-bond acceptors (Lipinski definition) is 7. The van der Waals surface area contributed by atoms with Gasteiger partial charge in [0.05, 0.1) is 33.8 Å². The molecule has 438 valence electrons. The summed E-state index contributed by atoms with van der Waals surface area (Å²) in [5.41, 5.74) is 0. The van der Waals surface area contributed by atoms with Crippen LogP contribution in [-0.2, 0) is 27.9 Å². The van der Waals surface area contributed by atoms with E-state index >= 15 is 0 Å². The highest BCUT2D eigenvalue weighted by molar-refractivity contribution is 7.45. The van der Waals surface area contributed by atoms with E-state index in [0.29, 0.717) is 23.9 Å². The molecule has 0 radical (unpaired) electrons. The number of hydrogen-bond donors (Lipinski definition) is 1. The summed E-state index contributed by atoms with van der Waals surface area (Å²) < 4.78 is 30.3. The highest BCUT2D eigenvalue weighted by Crippen LogP contribution is 2.38. The summed E-state index contributed by atoms with van der Waals surface area (Å²) in [5.74, 6) is -0.544. The molecule has 0 saturated heterocycles. The molecule has 0 aromatic rings. The second-order valence-electron chi connectivity index (χ2n) is 23.3. The van der Waals surface area contributed by atoms with Crippen molar-refractivity contribution < 1.29 is 37.3 Å². The van der Waals surface area contributed by atoms with Gasteiger partial charge in [-0.2, -0.15) is 0 Å². The first kappa shape index (κ1) is 72.5. The van der Waals surface area contributed by atoms with Gasteiger partial charge in [-0.3, -0.25) is 14.2 Å². The van der Waals surface area contributed by atoms with Gasteiger partial charge < -0.3 is 28.5 Å². The van der Waals surface area contributed by atoms with Gasteiger partial charge >= 0.3 is 5.97 Å². The number of amides is 1. The van der Waals surface area contributed by atoms with Crippen LogP contribution in [0, 0.1) is 0 Å². The second kappa shape index (κ2) is 54.8. The molecule has 0 aliphatic rings. The van der Waals surface area contributed by atoms with Gasteiger partial charge in [-0.15, -0.1) is 0 Å². The van der Waals surface area contributed by atoms with Crippen molar-refractivity contribution in [3.63, 3.8) is 0 Å². The molecule has 0 saturated carbocycles. The number of likely N-dealkylation sites (N-methyl/N-ethyl adjacent to an activating group) is 1. The average molecular weight is 1070 g/mol. The minimum atomic E-state index is -4.69. The molecule has 3 atom stereocenters. The van der Waals surface area contributed by atoms with E-state index in [2.05, 4.69) is 38.2 Å². The molecule has 0 heterocycles. The Hall–Kier alpha value is -1.51. The standard InChI is InChI=1S/C64H125N2O7P/c1-7-10-13-16-19-22-25-27-29-30-31-32-33-34-35-36-37-38-41-44-47-50-53-56-63(67)65-61(60-72-74(69,70)71-59-58-66(4,5)6)62(55-52-49-46-43-40-24-21-18-15-12-9-3)73-64(68)57-54-51-48-45-42-39-28-26-23-20-17-14-11-8-2/h39,42,52,55,61-62H,7-38,40-41,43-51,53-54,56-60H2,1-6H3,(H-,65,67,69,70)/b42-39-,55-52-. The molecule has 9 nitrogen and oxygen atoms in total. The lowest BCUT2D eigenvalue weighted by atomic mass is 10.0. The van der Waals surface area contributed by atoms with Crippen LogP contribution in [0.15, 0.2) is 24.3 Å². The molecular formula is C64H125N2O7P. The van der Waals surface area contributed by atoms with Crippen LogP contribution >= 0.6 is 7.82 Å². The topological polar surface area (TPSA) is 114 Å². The van der Waals surface area contributed by atoms with Gasteiger partial charge in [-0.25, -0.2) is 0 Å². The predicted molar refractivity (Wildman–Crippen MR) is 317 cm³/mol. The first-order chi connectivity index (χ1) is 35.9. The maximum absolute atomic E-state index is 13.5. The average Bonchev–Trinajstić information content (AvgIpc) is 3.36. The van der Waals surface area contributed by atoms with E-state index in [1.807, 2.05) is 33.3 Å². The fourth-order valence-electron chi connectivity index (χ4n) is 9.64. The van der Waals surface area contributed by atoms with Gasteiger partial charge in [0.1, 0.15) is 19.3 Å². The Morgan fingerprint density at radius 1 is 0.459 bits per heavy atom. The molecule has 0 aliphatic carbocycles. The van der Waals surface area contributed by atoms with Crippen LogP contribution in [0.4, 0.5) is 0 Å². The molecule has 0 bridgehead atoms. The summed E-state index contributed by atoms with van der Waals surface area (Å²) >= 11 is 0. The summed E-state index contributed by atoms with van der Waals surface area (Å²) in [6.45, 7) is 6.87. The Morgan fingerprint density at radius 3 is 1.16 bits per heavy atom. The Kier molecular flexibility index (Phi) is 53.7. The minimum absolute atomic E-state index is 0.0209.